The monoisotopic (exact) mass is 397 g/mol. The van der Waals surface area contributed by atoms with Crippen LogP contribution in [0.4, 0.5) is 21.9 Å². The van der Waals surface area contributed by atoms with Crippen LogP contribution < -0.4 is 21.1 Å². The van der Waals surface area contributed by atoms with Gasteiger partial charge in [0, 0.05) is 22.1 Å². The number of nitrogen functional groups attached to an aromatic ring is 1. The molecule has 2 amide bonds. The summed E-state index contributed by atoms with van der Waals surface area (Å²) in [5.74, 6) is 0.746. The number of nitrogens with two attached hydrogens (primary N) is 1. The molecule has 148 valence electrons. The first kappa shape index (κ1) is 19.0. The number of anilines is 3. The standard InChI is InChI=1S/C23H19N5O2/c1-2-30-17-8-10-20-19(12-17)22(25)18-9-7-16(11-21(18)28-20)27-23(29)26-15-5-3-14(13-24)4-6-15/h3-12H,2H2,1H3,(H2,25,28)(H2,26,27,29). The minimum atomic E-state index is -0.394. The highest BCUT2D eigenvalue weighted by molar-refractivity contribution is 6.08. The van der Waals surface area contributed by atoms with Gasteiger partial charge in [-0.15, -0.1) is 0 Å². The number of amides is 2. The Bertz CT molecular complexity index is 1290. The van der Waals surface area contributed by atoms with E-state index < -0.39 is 6.03 Å². The number of fused-ring (bicyclic) bond motifs is 2. The normalized spacial score (nSPS) is 10.5. The average Bonchev–Trinajstić information content (AvgIpc) is 2.75. The molecular weight excluding hydrogens is 378 g/mol. The number of nitrogens with zero attached hydrogens (tertiary/aromatic N) is 2. The zero-order chi connectivity index (χ0) is 21.1. The van der Waals surface area contributed by atoms with Crippen molar-refractivity contribution < 1.29 is 9.53 Å². The Morgan fingerprint density at radius 2 is 1.73 bits per heavy atom. The number of carbonyl (C=O) groups is 1. The van der Waals surface area contributed by atoms with Crippen LogP contribution in [0.2, 0.25) is 0 Å². The molecule has 0 radical (unpaired) electrons. The fourth-order valence-electron chi connectivity index (χ4n) is 3.21. The van der Waals surface area contributed by atoms with Crippen LogP contribution in [0.5, 0.6) is 5.75 Å². The van der Waals surface area contributed by atoms with E-state index in [1.165, 1.54) is 0 Å². The molecule has 0 fully saturated rings. The molecule has 0 aliphatic carbocycles. The van der Waals surface area contributed by atoms with Crippen molar-refractivity contribution in [2.75, 3.05) is 23.0 Å². The van der Waals surface area contributed by atoms with Gasteiger partial charge in [0.2, 0.25) is 0 Å². The smallest absolute Gasteiger partial charge is 0.323 e. The summed E-state index contributed by atoms with van der Waals surface area (Å²) in [7, 11) is 0. The molecule has 7 nitrogen and oxygen atoms in total. The molecule has 3 aromatic carbocycles. The number of hydrogen-bond donors (Lipinski definition) is 3. The number of ether oxygens (including phenoxy) is 1. The van der Waals surface area contributed by atoms with Crippen molar-refractivity contribution in [1.29, 1.82) is 5.26 Å². The van der Waals surface area contributed by atoms with Gasteiger partial charge in [-0.2, -0.15) is 5.26 Å². The van der Waals surface area contributed by atoms with E-state index in [1.807, 2.05) is 37.3 Å². The summed E-state index contributed by atoms with van der Waals surface area (Å²) < 4.78 is 5.55. The number of nitriles is 1. The maximum Gasteiger partial charge on any atom is 0.323 e. The lowest BCUT2D eigenvalue weighted by atomic mass is 10.1. The molecule has 0 bridgehead atoms. The SMILES string of the molecule is CCOc1ccc2nc3cc(NC(=O)Nc4ccc(C#N)cc4)ccc3c(N)c2c1. The van der Waals surface area contributed by atoms with Crippen LogP contribution in [0.3, 0.4) is 0 Å². The van der Waals surface area contributed by atoms with E-state index in [1.54, 1.807) is 36.4 Å². The van der Waals surface area contributed by atoms with E-state index in [0.717, 1.165) is 22.0 Å². The van der Waals surface area contributed by atoms with Crippen LogP contribution >= 0.6 is 0 Å². The van der Waals surface area contributed by atoms with E-state index in [4.69, 9.17) is 15.7 Å². The molecule has 0 saturated carbocycles. The van der Waals surface area contributed by atoms with Crippen molar-refractivity contribution in [1.82, 2.24) is 4.98 Å². The Hall–Kier alpha value is -4.31. The van der Waals surface area contributed by atoms with Gasteiger partial charge in [-0.1, -0.05) is 0 Å². The molecule has 30 heavy (non-hydrogen) atoms. The van der Waals surface area contributed by atoms with Gasteiger partial charge in [-0.3, -0.25) is 0 Å². The van der Waals surface area contributed by atoms with Gasteiger partial charge in [0.25, 0.3) is 0 Å². The second kappa shape index (κ2) is 7.97. The number of hydrogen-bond acceptors (Lipinski definition) is 5. The molecule has 4 N–H and O–H groups in total. The molecule has 0 spiro atoms. The molecule has 4 aromatic rings. The van der Waals surface area contributed by atoms with Crippen molar-refractivity contribution in [3.05, 3.63) is 66.2 Å². The Labute approximate surface area is 173 Å². The summed E-state index contributed by atoms with van der Waals surface area (Å²) in [6.45, 7) is 2.50. The van der Waals surface area contributed by atoms with Gasteiger partial charge in [0.05, 0.1) is 35.0 Å². The minimum Gasteiger partial charge on any atom is -0.494 e. The van der Waals surface area contributed by atoms with Gasteiger partial charge in [0.1, 0.15) is 5.75 Å². The molecule has 0 aliphatic heterocycles. The molecule has 4 rings (SSSR count). The van der Waals surface area contributed by atoms with Crippen molar-refractivity contribution in [3.63, 3.8) is 0 Å². The fourth-order valence-corrected chi connectivity index (χ4v) is 3.21. The topological polar surface area (TPSA) is 113 Å². The van der Waals surface area contributed by atoms with E-state index in [2.05, 4.69) is 15.6 Å². The Balaban J connectivity index is 1.59. The molecule has 0 saturated heterocycles. The summed E-state index contributed by atoms with van der Waals surface area (Å²) in [5, 5.41) is 16.0. The summed E-state index contributed by atoms with van der Waals surface area (Å²) >= 11 is 0. The number of urea groups is 1. The predicted octanol–water partition coefficient (Wildman–Crippen LogP) is 4.88. The lowest BCUT2D eigenvalue weighted by Gasteiger charge is -2.11. The van der Waals surface area contributed by atoms with Crippen molar-refractivity contribution in [2.45, 2.75) is 6.92 Å². The van der Waals surface area contributed by atoms with Crippen LogP contribution in [0.25, 0.3) is 21.8 Å². The number of nitrogens with one attached hydrogen (secondary N) is 2. The Kier molecular flexibility index (Phi) is 5.06. The first-order chi connectivity index (χ1) is 14.6. The zero-order valence-electron chi connectivity index (χ0n) is 16.3. The molecule has 1 aromatic heterocycles. The third kappa shape index (κ3) is 3.80. The van der Waals surface area contributed by atoms with Gasteiger partial charge >= 0.3 is 6.03 Å². The second-order valence-electron chi connectivity index (χ2n) is 6.64. The van der Waals surface area contributed by atoms with Crippen LogP contribution in [0.15, 0.2) is 60.7 Å². The number of benzene rings is 3. The number of rotatable bonds is 4. The molecular formula is C23H19N5O2. The Morgan fingerprint density at radius 1 is 1.00 bits per heavy atom. The summed E-state index contributed by atoms with van der Waals surface area (Å²) in [6, 6.07) is 19.3. The minimum absolute atomic E-state index is 0.394. The van der Waals surface area contributed by atoms with Crippen LogP contribution in [-0.2, 0) is 0 Å². The maximum atomic E-state index is 12.3. The average molecular weight is 397 g/mol. The van der Waals surface area contributed by atoms with Gasteiger partial charge in [0.15, 0.2) is 0 Å². The van der Waals surface area contributed by atoms with E-state index in [0.29, 0.717) is 34.7 Å². The molecule has 7 heteroatoms. The van der Waals surface area contributed by atoms with Crippen LogP contribution in [0.1, 0.15) is 12.5 Å². The van der Waals surface area contributed by atoms with Crippen molar-refractivity contribution >= 4 is 44.9 Å². The van der Waals surface area contributed by atoms with Crippen LogP contribution in [0, 0.1) is 11.3 Å². The maximum absolute atomic E-state index is 12.3. The van der Waals surface area contributed by atoms with Gasteiger partial charge < -0.3 is 21.1 Å². The quantitative estimate of drug-likeness (QED) is 0.425. The molecule has 0 atom stereocenters. The number of pyridine rings is 1. The lowest BCUT2D eigenvalue weighted by Crippen LogP contribution is -2.19. The summed E-state index contributed by atoms with van der Waals surface area (Å²) in [5.41, 5.74) is 10.1. The highest BCUT2D eigenvalue weighted by Gasteiger charge is 2.10. The lowest BCUT2D eigenvalue weighted by molar-refractivity contribution is 0.262. The first-order valence-corrected chi connectivity index (χ1v) is 9.41. The highest BCUT2D eigenvalue weighted by atomic mass is 16.5. The highest BCUT2D eigenvalue weighted by Crippen LogP contribution is 2.32. The van der Waals surface area contributed by atoms with Crippen LogP contribution in [-0.4, -0.2) is 17.6 Å². The largest absolute Gasteiger partial charge is 0.494 e. The fraction of sp³-hybridized carbons (Fsp3) is 0.0870. The predicted molar refractivity (Wildman–Crippen MR) is 119 cm³/mol. The third-order valence-electron chi connectivity index (χ3n) is 4.63. The third-order valence-corrected chi connectivity index (χ3v) is 4.63. The summed E-state index contributed by atoms with van der Waals surface area (Å²) in [6.07, 6.45) is 0. The first-order valence-electron chi connectivity index (χ1n) is 9.41. The molecule has 1 heterocycles. The Morgan fingerprint density at radius 3 is 2.47 bits per heavy atom. The van der Waals surface area contributed by atoms with Gasteiger partial charge in [-0.25, -0.2) is 9.78 Å². The van der Waals surface area contributed by atoms with E-state index in [9.17, 15) is 4.79 Å². The second-order valence-corrected chi connectivity index (χ2v) is 6.64. The van der Waals surface area contributed by atoms with E-state index >= 15 is 0 Å². The van der Waals surface area contributed by atoms with E-state index in [-0.39, 0.29) is 0 Å². The number of carbonyl (C=O) groups excluding carboxylic acids is 1. The molecule has 0 aliphatic rings. The number of aromatic nitrogens is 1. The summed E-state index contributed by atoms with van der Waals surface area (Å²) in [4.78, 5) is 17.0. The van der Waals surface area contributed by atoms with Gasteiger partial charge in [-0.05, 0) is 67.6 Å². The zero-order valence-corrected chi connectivity index (χ0v) is 16.3. The van der Waals surface area contributed by atoms with Crippen molar-refractivity contribution in [2.24, 2.45) is 0 Å². The molecule has 0 unspecified atom stereocenters. The van der Waals surface area contributed by atoms with Crippen molar-refractivity contribution in [3.8, 4) is 11.8 Å².